The van der Waals surface area contributed by atoms with Crippen LogP contribution in [0.25, 0.3) is 0 Å². The highest BCUT2D eigenvalue weighted by molar-refractivity contribution is 6.29. The van der Waals surface area contributed by atoms with Crippen molar-refractivity contribution < 1.29 is 9.90 Å². The summed E-state index contributed by atoms with van der Waals surface area (Å²) in [7, 11) is 0. The molecule has 20 heavy (non-hydrogen) atoms. The summed E-state index contributed by atoms with van der Waals surface area (Å²) < 4.78 is 0. The molecule has 0 bridgehead atoms. The van der Waals surface area contributed by atoms with Crippen LogP contribution in [0.5, 0.6) is 0 Å². The Labute approximate surface area is 123 Å². The molecule has 0 aliphatic heterocycles. The number of rotatable bonds is 4. The largest absolute Gasteiger partial charge is 0.381 e. The van der Waals surface area contributed by atoms with Gasteiger partial charge in [0.15, 0.2) is 0 Å². The molecule has 0 radical (unpaired) electrons. The van der Waals surface area contributed by atoms with Crippen molar-refractivity contribution in [1.29, 1.82) is 0 Å². The van der Waals surface area contributed by atoms with Crippen LogP contribution >= 0.6 is 11.6 Å². The van der Waals surface area contributed by atoms with Crippen LogP contribution in [0.15, 0.2) is 54.6 Å². The van der Waals surface area contributed by atoms with Gasteiger partial charge in [0, 0.05) is 11.3 Å². The second-order valence-corrected chi connectivity index (χ2v) is 4.93. The van der Waals surface area contributed by atoms with Crippen LogP contribution in [0, 0.1) is 0 Å². The highest BCUT2D eigenvalue weighted by Gasteiger charge is 2.28. The van der Waals surface area contributed by atoms with Gasteiger partial charge in [-0.05, 0) is 18.6 Å². The zero-order valence-electron chi connectivity index (χ0n) is 11.1. The van der Waals surface area contributed by atoms with Gasteiger partial charge in [0.1, 0.15) is 11.5 Å². The first-order valence-corrected chi connectivity index (χ1v) is 6.82. The Hall–Kier alpha value is -1.84. The maximum atomic E-state index is 11.5. The van der Waals surface area contributed by atoms with E-state index in [-0.39, 0.29) is 11.8 Å². The van der Waals surface area contributed by atoms with Gasteiger partial charge in [-0.25, -0.2) is 0 Å². The van der Waals surface area contributed by atoms with Crippen molar-refractivity contribution in [1.82, 2.24) is 0 Å². The molecular formula is C16H16ClNO2. The molecule has 3 nitrogen and oxygen atoms in total. The quantitative estimate of drug-likeness (QED) is 0.850. The van der Waals surface area contributed by atoms with Crippen molar-refractivity contribution in [3.63, 3.8) is 0 Å². The number of para-hydroxylation sites is 1. The molecule has 0 spiro atoms. The predicted molar refractivity (Wildman–Crippen MR) is 80.9 cm³/mol. The van der Waals surface area contributed by atoms with Crippen molar-refractivity contribution in [2.24, 2.45) is 0 Å². The number of hydrogen-bond acceptors (Lipinski definition) is 2. The van der Waals surface area contributed by atoms with Gasteiger partial charge in [-0.3, -0.25) is 4.79 Å². The minimum Gasteiger partial charge on any atom is -0.381 e. The number of carbonyl (C=O) groups is 1. The van der Waals surface area contributed by atoms with Crippen molar-refractivity contribution in [3.05, 3.63) is 65.7 Å². The van der Waals surface area contributed by atoms with Crippen LogP contribution < -0.4 is 5.32 Å². The Morgan fingerprint density at radius 2 is 1.75 bits per heavy atom. The predicted octanol–water partition coefficient (Wildman–Crippen LogP) is 3.12. The lowest BCUT2D eigenvalue weighted by atomic mass is 9.87. The van der Waals surface area contributed by atoms with E-state index < -0.39 is 5.60 Å². The lowest BCUT2D eigenvalue weighted by Gasteiger charge is -2.27. The molecular weight excluding hydrogens is 274 g/mol. The van der Waals surface area contributed by atoms with Crippen molar-refractivity contribution in [2.75, 3.05) is 11.2 Å². The number of aliphatic hydroxyl groups is 1. The SMILES string of the molecule is CC(O)(c1ccccc1)c1ccccc1NC(=O)CCl. The van der Waals surface area contributed by atoms with E-state index in [4.69, 9.17) is 11.6 Å². The number of amides is 1. The summed E-state index contributed by atoms with van der Waals surface area (Å²) in [6.45, 7) is 1.70. The number of benzene rings is 2. The van der Waals surface area contributed by atoms with Crippen LogP contribution in [0.3, 0.4) is 0 Å². The normalized spacial score (nSPS) is 13.6. The van der Waals surface area contributed by atoms with E-state index in [2.05, 4.69) is 5.32 Å². The third-order valence-corrected chi connectivity index (χ3v) is 3.43. The van der Waals surface area contributed by atoms with Gasteiger partial charge in [-0.1, -0.05) is 48.5 Å². The monoisotopic (exact) mass is 289 g/mol. The summed E-state index contributed by atoms with van der Waals surface area (Å²) >= 11 is 5.51. The Bertz CT molecular complexity index is 596. The Morgan fingerprint density at radius 1 is 1.15 bits per heavy atom. The third kappa shape index (κ3) is 3.00. The molecule has 0 heterocycles. The number of carbonyl (C=O) groups excluding carboxylic acids is 1. The molecule has 0 aliphatic rings. The van der Waals surface area contributed by atoms with E-state index >= 15 is 0 Å². The molecule has 1 atom stereocenters. The summed E-state index contributed by atoms with van der Waals surface area (Å²) in [6, 6.07) is 16.5. The summed E-state index contributed by atoms with van der Waals surface area (Å²) in [5.74, 6) is -0.426. The smallest absolute Gasteiger partial charge is 0.239 e. The molecule has 0 saturated carbocycles. The molecule has 0 aromatic heterocycles. The summed E-state index contributed by atoms with van der Waals surface area (Å²) in [6.07, 6.45) is 0. The average Bonchev–Trinajstić information content (AvgIpc) is 2.48. The molecule has 1 unspecified atom stereocenters. The number of alkyl halides is 1. The average molecular weight is 290 g/mol. The van der Waals surface area contributed by atoms with E-state index in [1.165, 1.54) is 0 Å². The van der Waals surface area contributed by atoms with E-state index in [0.29, 0.717) is 11.3 Å². The van der Waals surface area contributed by atoms with Crippen LogP contribution in [0.1, 0.15) is 18.1 Å². The fraction of sp³-hybridized carbons (Fsp3) is 0.188. The minimum atomic E-state index is -1.20. The van der Waals surface area contributed by atoms with Gasteiger partial charge in [-0.15, -0.1) is 11.6 Å². The van der Waals surface area contributed by atoms with Gasteiger partial charge in [0.05, 0.1) is 0 Å². The third-order valence-electron chi connectivity index (χ3n) is 3.18. The second-order valence-electron chi connectivity index (χ2n) is 4.67. The van der Waals surface area contributed by atoms with Crippen molar-refractivity contribution in [3.8, 4) is 0 Å². The fourth-order valence-corrected chi connectivity index (χ4v) is 2.19. The molecule has 0 aliphatic carbocycles. The first-order chi connectivity index (χ1) is 9.55. The lowest BCUT2D eigenvalue weighted by molar-refractivity contribution is -0.113. The number of nitrogens with one attached hydrogen (secondary N) is 1. The van der Waals surface area contributed by atoms with Gasteiger partial charge < -0.3 is 10.4 Å². The highest BCUT2D eigenvalue weighted by atomic mass is 35.5. The molecule has 2 rings (SSSR count). The zero-order valence-corrected chi connectivity index (χ0v) is 11.9. The lowest BCUT2D eigenvalue weighted by Crippen LogP contribution is -2.25. The van der Waals surface area contributed by atoms with E-state index in [1.54, 1.807) is 25.1 Å². The number of anilines is 1. The molecule has 4 heteroatoms. The Morgan fingerprint density at radius 3 is 2.40 bits per heavy atom. The first-order valence-electron chi connectivity index (χ1n) is 6.29. The zero-order chi connectivity index (χ0) is 14.6. The van der Waals surface area contributed by atoms with Crippen molar-refractivity contribution >= 4 is 23.2 Å². The highest BCUT2D eigenvalue weighted by Crippen LogP contribution is 2.33. The van der Waals surface area contributed by atoms with E-state index in [0.717, 1.165) is 5.56 Å². The van der Waals surface area contributed by atoms with Crippen LogP contribution in [0.4, 0.5) is 5.69 Å². The van der Waals surface area contributed by atoms with Gasteiger partial charge >= 0.3 is 0 Å². The molecule has 104 valence electrons. The second kappa shape index (κ2) is 6.07. The fourth-order valence-electron chi connectivity index (χ4n) is 2.12. The molecule has 0 saturated heterocycles. The van der Waals surface area contributed by atoms with Crippen LogP contribution in [0.2, 0.25) is 0 Å². The van der Waals surface area contributed by atoms with E-state index in [9.17, 15) is 9.90 Å². The van der Waals surface area contributed by atoms with Gasteiger partial charge in [-0.2, -0.15) is 0 Å². The summed E-state index contributed by atoms with van der Waals surface area (Å²) in [5.41, 5.74) is 0.751. The van der Waals surface area contributed by atoms with E-state index in [1.807, 2.05) is 36.4 Å². The molecule has 1 amide bonds. The summed E-state index contributed by atoms with van der Waals surface area (Å²) in [4.78, 5) is 11.5. The van der Waals surface area contributed by atoms with Gasteiger partial charge in [0.2, 0.25) is 5.91 Å². The van der Waals surface area contributed by atoms with Crippen LogP contribution in [-0.2, 0) is 10.4 Å². The Balaban J connectivity index is 2.44. The maximum absolute atomic E-state index is 11.5. The van der Waals surface area contributed by atoms with Crippen LogP contribution in [-0.4, -0.2) is 16.9 Å². The summed E-state index contributed by atoms with van der Waals surface area (Å²) in [5, 5.41) is 13.5. The standard InChI is InChI=1S/C16H16ClNO2/c1-16(20,12-7-3-2-4-8-12)13-9-5-6-10-14(13)18-15(19)11-17/h2-10,20H,11H2,1H3,(H,18,19). The number of halogens is 1. The van der Waals surface area contributed by atoms with Gasteiger partial charge in [0.25, 0.3) is 0 Å². The number of hydrogen-bond donors (Lipinski definition) is 2. The molecule has 0 fully saturated rings. The van der Waals surface area contributed by atoms with Crippen molar-refractivity contribution in [2.45, 2.75) is 12.5 Å². The topological polar surface area (TPSA) is 49.3 Å². The maximum Gasteiger partial charge on any atom is 0.239 e. The Kier molecular flexibility index (Phi) is 4.42. The molecule has 2 N–H and O–H groups in total. The molecule has 2 aromatic rings. The minimum absolute atomic E-state index is 0.123. The first kappa shape index (κ1) is 14.6. The molecule has 2 aromatic carbocycles.